The topological polar surface area (TPSA) is 61.3 Å². The Morgan fingerprint density at radius 3 is 2.05 bits per heavy atom. The van der Waals surface area contributed by atoms with Gasteiger partial charge >= 0.3 is 0 Å². The Morgan fingerprint density at radius 2 is 1.58 bits per heavy atom. The van der Waals surface area contributed by atoms with Gasteiger partial charge in [-0.2, -0.15) is 9.97 Å². The van der Waals surface area contributed by atoms with Gasteiger partial charge in [0.25, 0.3) is 0 Å². The molecule has 0 atom stereocenters. The molecular formula is C13H11ClN2O3. The summed E-state index contributed by atoms with van der Waals surface area (Å²) in [6, 6.07) is 7.98. The number of ether oxygens (including phenoxy) is 2. The van der Waals surface area contributed by atoms with Crippen LogP contribution >= 0.6 is 11.6 Å². The van der Waals surface area contributed by atoms with Crippen molar-refractivity contribution in [2.75, 3.05) is 14.2 Å². The summed E-state index contributed by atoms with van der Waals surface area (Å²) in [5.41, 5.74) is 0.444. The van der Waals surface area contributed by atoms with E-state index < -0.39 is 0 Å². The van der Waals surface area contributed by atoms with Crippen LogP contribution in [0, 0.1) is 0 Å². The van der Waals surface area contributed by atoms with Crippen LogP contribution in [0.1, 0.15) is 16.2 Å². The van der Waals surface area contributed by atoms with E-state index in [2.05, 4.69) is 9.97 Å². The molecule has 5 nitrogen and oxygen atoms in total. The van der Waals surface area contributed by atoms with E-state index in [1.165, 1.54) is 20.3 Å². The van der Waals surface area contributed by atoms with Gasteiger partial charge in [-0.05, 0) is 24.3 Å². The van der Waals surface area contributed by atoms with Gasteiger partial charge in [-0.15, -0.1) is 0 Å². The summed E-state index contributed by atoms with van der Waals surface area (Å²) in [6.07, 6.45) is 0. The molecule has 1 aromatic carbocycles. The Hall–Kier alpha value is -2.14. The van der Waals surface area contributed by atoms with E-state index in [-0.39, 0.29) is 23.4 Å². The summed E-state index contributed by atoms with van der Waals surface area (Å²) in [5.74, 6) is 0.223. The second-order valence-corrected chi connectivity index (χ2v) is 4.05. The Bertz CT molecular complexity index is 577. The second-order valence-electron chi connectivity index (χ2n) is 3.61. The van der Waals surface area contributed by atoms with Gasteiger partial charge < -0.3 is 9.47 Å². The van der Waals surface area contributed by atoms with Gasteiger partial charge in [-0.3, -0.25) is 4.79 Å². The molecule has 0 aliphatic heterocycles. The third-order valence-corrected chi connectivity index (χ3v) is 2.66. The molecule has 0 spiro atoms. The van der Waals surface area contributed by atoms with Crippen LogP contribution in [0.2, 0.25) is 5.02 Å². The number of benzene rings is 1. The Morgan fingerprint density at radius 1 is 1.05 bits per heavy atom. The zero-order valence-electron chi connectivity index (χ0n) is 10.4. The predicted molar refractivity (Wildman–Crippen MR) is 70.0 cm³/mol. The summed E-state index contributed by atoms with van der Waals surface area (Å²) in [5, 5.41) is 0.556. The lowest BCUT2D eigenvalue weighted by Gasteiger charge is -2.05. The van der Waals surface area contributed by atoms with Crippen molar-refractivity contribution in [3.63, 3.8) is 0 Å². The SMILES string of the molecule is COc1cc(OC)nc(C(=O)c2ccc(Cl)cc2)n1. The van der Waals surface area contributed by atoms with E-state index in [1.54, 1.807) is 24.3 Å². The van der Waals surface area contributed by atoms with Gasteiger partial charge in [0, 0.05) is 10.6 Å². The van der Waals surface area contributed by atoms with Gasteiger partial charge in [0.15, 0.2) is 0 Å². The molecule has 0 aliphatic carbocycles. The summed E-state index contributed by atoms with van der Waals surface area (Å²) in [7, 11) is 2.91. The molecule has 0 bridgehead atoms. The van der Waals surface area contributed by atoms with E-state index in [0.29, 0.717) is 10.6 Å². The lowest BCUT2D eigenvalue weighted by Crippen LogP contribution is -2.09. The largest absolute Gasteiger partial charge is 0.481 e. The zero-order chi connectivity index (χ0) is 13.8. The average molecular weight is 279 g/mol. The third-order valence-electron chi connectivity index (χ3n) is 2.41. The minimum Gasteiger partial charge on any atom is -0.481 e. The number of nitrogens with zero attached hydrogens (tertiary/aromatic N) is 2. The molecular weight excluding hydrogens is 268 g/mol. The molecule has 2 aromatic rings. The first-order chi connectivity index (χ1) is 9.13. The highest BCUT2D eigenvalue weighted by atomic mass is 35.5. The fraction of sp³-hybridized carbons (Fsp3) is 0.154. The van der Waals surface area contributed by atoms with Crippen molar-refractivity contribution in [3.05, 3.63) is 46.7 Å². The first-order valence-electron chi connectivity index (χ1n) is 5.41. The van der Waals surface area contributed by atoms with Gasteiger partial charge in [0.1, 0.15) is 0 Å². The standard InChI is InChI=1S/C13H11ClN2O3/c1-18-10-7-11(19-2)16-13(15-10)12(17)8-3-5-9(14)6-4-8/h3-7H,1-2H3. The maximum Gasteiger partial charge on any atom is 0.230 e. The summed E-state index contributed by atoms with van der Waals surface area (Å²) < 4.78 is 10.00. The van der Waals surface area contributed by atoms with Crippen molar-refractivity contribution in [1.29, 1.82) is 0 Å². The molecule has 0 saturated heterocycles. The Labute approximate surface area is 115 Å². The van der Waals surface area contributed by atoms with Crippen LogP contribution in [0.3, 0.4) is 0 Å². The molecule has 0 aliphatic rings. The molecule has 0 saturated carbocycles. The maximum atomic E-state index is 12.2. The van der Waals surface area contributed by atoms with Gasteiger partial charge in [0.2, 0.25) is 23.4 Å². The number of hydrogen-bond donors (Lipinski definition) is 0. The van der Waals surface area contributed by atoms with Crippen molar-refractivity contribution in [3.8, 4) is 11.8 Å². The monoisotopic (exact) mass is 278 g/mol. The van der Waals surface area contributed by atoms with Crippen LogP contribution in [-0.2, 0) is 0 Å². The number of rotatable bonds is 4. The van der Waals surface area contributed by atoms with E-state index in [4.69, 9.17) is 21.1 Å². The third kappa shape index (κ3) is 3.00. The smallest absolute Gasteiger partial charge is 0.230 e. The summed E-state index contributed by atoms with van der Waals surface area (Å²) >= 11 is 5.78. The normalized spacial score (nSPS) is 10.1. The van der Waals surface area contributed by atoms with Crippen molar-refractivity contribution < 1.29 is 14.3 Å². The van der Waals surface area contributed by atoms with Crippen LogP contribution in [0.4, 0.5) is 0 Å². The predicted octanol–water partition coefficient (Wildman–Crippen LogP) is 2.38. The summed E-state index contributed by atoms with van der Waals surface area (Å²) in [6.45, 7) is 0. The minimum atomic E-state index is -0.325. The molecule has 0 radical (unpaired) electrons. The van der Waals surface area contributed by atoms with E-state index in [0.717, 1.165) is 0 Å². The fourth-order valence-electron chi connectivity index (χ4n) is 1.44. The molecule has 2 rings (SSSR count). The van der Waals surface area contributed by atoms with Crippen LogP contribution < -0.4 is 9.47 Å². The Kier molecular flexibility index (Phi) is 3.97. The van der Waals surface area contributed by atoms with E-state index in [9.17, 15) is 4.79 Å². The number of ketones is 1. The number of carbonyl (C=O) groups excluding carboxylic acids is 1. The molecule has 6 heteroatoms. The van der Waals surface area contributed by atoms with Crippen molar-refractivity contribution in [1.82, 2.24) is 9.97 Å². The molecule has 0 amide bonds. The number of carbonyl (C=O) groups is 1. The van der Waals surface area contributed by atoms with Gasteiger partial charge in [0.05, 0.1) is 20.3 Å². The Balaban J connectivity index is 2.40. The number of hydrogen-bond acceptors (Lipinski definition) is 5. The highest BCUT2D eigenvalue weighted by Crippen LogP contribution is 2.18. The van der Waals surface area contributed by atoms with Crippen LogP contribution in [0.15, 0.2) is 30.3 Å². The number of methoxy groups -OCH3 is 2. The molecule has 0 unspecified atom stereocenters. The molecule has 0 fully saturated rings. The van der Waals surface area contributed by atoms with Crippen molar-refractivity contribution >= 4 is 17.4 Å². The van der Waals surface area contributed by atoms with E-state index in [1.807, 2.05) is 0 Å². The average Bonchev–Trinajstić information content (AvgIpc) is 2.46. The molecule has 1 heterocycles. The fourth-order valence-corrected chi connectivity index (χ4v) is 1.57. The summed E-state index contributed by atoms with van der Waals surface area (Å²) in [4.78, 5) is 20.2. The van der Waals surface area contributed by atoms with Crippen LogP contribution in [0.5, 0.6) is 11.8 Å². The quantitative estimate of drug-likeness (QED) is 0.804. The molecule has 1 aromatic heterocycles. The lowest BCUT2D eigenvalue weighted by atomic mass is 10.1. The highest BCUT2D eigenvalue weighted by molar-refractivity contribution is 6.30. The second kappa shape index (κ2) is 5.67. The first kappa shape index (κ1) is 13.3. The molecule has 19 heavy (non-hydrogen) atoms. The zero-order valence-corrected chi connectivity index (χ0v) is 11.1. The van der Waals surface area contributed by atoms with Crippen LogP contribution in [-0.4, -0.2) is 30.0 Å². The lowest BCUT2D eigenvalue weighted by molar-refractivity contribution is 0.102. The highest BCUT2D eigenvalue weighted by Gasteiger charge is 2.15. The van der Waals surface area contributed by atoms with Crippen molar-refractivity contribution in [2.24, 2.45) is 0 Å². The van der Waals surface area contributed by atoms with E-state index >= 15 is 0 Å². The number of halogens is 1. The van der Waals surface area contributed by atoms with Gasteiger partial charge in [-0.1, -0.05) is 11.6 Å². The van der Waals surface area contributed by atoms with Crippen molar-refractivity contribution in [2.45, 2.75) is 0 Å². The number of aromatic nitrogens is 2. The van der Waals surface area contributed by atoms with Gasteiger partial charge in [-0.25, -0.2) is 0 Å². The minimum absolute atomic E-state index is 0.0125. The van der Waals surface area contributed by atoms with Crippen LogP contribution in [0.25, 0.3) is 0 Å². The molecule has 0 N–H and O–H groups in total. The first-order valence-corrected chi connectivity index (χ1v) is 5.79. The maximum absolute atomic E-state index is 12.2. The molecule has 98 valence electrons.